The highest BCUT2D eigenvalue weighted by atomic mass is 31.2. The van der Waals surface area contributed by atoms with Crippen LogP contribution in [-0.4, -0.2) is 12.3 Å². The number of hydrogen-bond acceptors (Lipinski definition) is 2. The Morgan fingerprint density at radius 2 is 0.775 bits per heavy atom. The summed E-state index contributed by atoms with van der Waals surface area (Å²) in [4.78, 5) is 0. The Bertz CT molecular complexity index is 1440. The van der Waals surface area contributed by atoms with Crippen molar-refractivity contribution in [3.05, 3.63) is 163 Å². The molecule has 5 aromatic carbocycles. The Morgan fingerprint density at radius 3 is 1.05 bits per heavy atom. The maximum absolute atomic E-state index is 14.5. The molecule has 0 spiro atoms. The first-order valence-corrected chi connectivity index (χ1v) is 17.5. The second-order valence-electron chi connectivity index (χ2n) is 10.1. The number of benzene rings is 5. The van der Waals surface area contributed by atoms with E-state index in [0.29, 0.717) is 25.2 Å². The minimum atomic E-state index is -2.82. The zero-order valence-corrected chi connectivity index (χ0v) is 24.4. The van der Waals surface area contributed by atoms with Crippen LogP contribution in [0, 0.1) is 0 Å². The molecule has 0 amide bonds. The van der Waals surface area contributed by atoms with Crippen molar-refractivity contribution in [3.8, 4) is 0 Å². The van der Waals surface area contributed by atoms with Crippen LogP contribution in [-0.2, 0) is 22.0 Å². The summed E-state index contributed by atoms with van der Waals surface area (Å²) in [5.74, 6) is 0. The van der Waals surface area contributed by atoms with E-state index >= 15 is 0 Å². The highest BCUT2D eigenvalue weighted by molar-refractivity contribution is 7.79. The van der Waals surface area contributed by atoms with Crippen LogP contribution in [0.15, 0.2) is 146 Å². The Balaban J connectivity index is 1.43. The Kier molecular flexibility index (Phi) is 8.81. The molecule has 0 heterocycles. The highest BCUT2D eigenvalue weighted by Gasteiger charge is 2.28. The molecule has 0 atom stereocenters. The van der Waals surface area contributed by atoms with E-state index in [1.54, 1.807) is 0 Å². The molecule has 40 heavy (non-hydrogen) atoms. The average molecular weight is 561 g/mol. The molecular weight excluding hydrogens is 526 g/mol. The van der Waals surface area contributed by atoms with Crippen molar-refractivity contribution in [2.75, 3.05) is 12.3 Å². The van der Waals surface area contributed by atoms with Gasteiger partial charge in [0, 0.05) is 33.5 Å². The van der Waals surface area contributed by atoms with Crippen LogP contribution in [0.4, 0.5) is 0 Å². The predicted molar refractivity (Wildman–Crippen MR) is 173 cm³/mol. The van der Waals surface area contributed by atoms with E-state index in [2.05, 4.69) is 24.8 Å². The van der Waals surface area contributed by atoms with Gasteiger partial charge >= 0.3 is 0 Å². The summed E-state index contributed by atoms with van der Waals surface area (Å²) in [5, 5.41) is 3.53. The summed E-state index contributed by atoms with van der Waals surface area (Å²) in [6, 6.07) is 45.8. The molecule has 0 N–H and O–H groups in total. The van der Waals surface area contributed by atoms with Crippen LogP contribution in [0.1, 0.15) is 16.7 Å². The van der Waals surface area contributed by atoms with E-state index in [-0.39, 0.29) is 0 Å². The van der Waals surface area contributed by atoms with Crippen LogP contribution >= 0.6 is 14.3 Å². The minimum Gasteiger partial charge on any atom is -0.314 e. The van der Waals surface area contributed by atoms with Gasteiger partial charge in [-0.1, -0.05) is 152 Å². The molecule has 200 valence electrons. The van der Waals surface area contributed by atoms with Crippen molar-refractivity contribution in [2.24, 2.45) is 0 Å². The smallest absolute Gasteiger partial charge is 0.143 e. The maximum atomic E-state index is 14.5. The largest absolute Gasteiger partial charge is 0.314 e. The van der Waals surface area contributed by atoms with Crippen molar-refractivity contribution in [3.63, 3.8) is 0 Å². The third-order valence-corrected chi connectivity index (χ3v) is 13.7. The van der Waals surface area contributed by atoms with Crippen molar-refractivity contribution in [2.45, 2.75) is 12.8 Å². The van der Waals surface area contributed by atoms with Gasteiger partial charge in [-0.2, -0.15) is 0 Å². The summed E-state index contributed by atoms with van der Waals surface area (Å²) in [6.07, 6.45) is 4.27. The molecule has 0 bridgehead atoms. The van der Waals surface area contributed by atoms with Crippen molar-refractivity contribution in [1.82, 2.24) is 0 Å². The molecule has 5 aromatic rings. The van der Waals surface area contributed by atoms with Crippen LogP contribution in [0.3, 0.4) is 0 Å². The molecular formula is C36H34O2P2. The van der Waals surface area contributed by atoms with E-state index in [1.807, 2.05) is 127 Å². The molecule has 0 unspecified atom stereocenters. The molecule has 2 nitrogen and oxygen atoms in total. The van der Waals surface area contributed by atoms with Gasteiger partial charge in [-0.05, 0) is 29.5 Å². The third kappa shape index (κ3) is 6.20. The van der Waals surface area contributed by atoms with Crippen LogP contribution in [0.25, 0.3) is 6.08 Å². The van der Waals surface area contributed by atoms with Gasteiger partial charge in [-0.15, -0.1) is 0 Å². The van der Waals surface area contributed by atoms with E-state index < -0.39 is 14.3 Å². The second kappa shape index (κ2) is 12.6. The van der Waals surface area contributed by atoms with Crippen molar-refractivity contribution < 1.29 is 9.13 Å². The normalized spacial score (nSPS) is 11.7. The molecule has 5 rings (SSSR count). The minimum absolute atomic E-state index is 0.535. The zero-order chi connectivity index (χ0) is 27.8. The quantitative estimate of drug-likeness (QED) is 0.157. The summed E-state index contributed by atoms with van der Waals surface area (Å²) in [7, 11) is -5.64. The molecule has 4 heteroatoms. The maximum Gasteiger partial charge on any atom is 0.143 e. The van der Waals surface area contributed by atoms with Gasteiger partial charge in [0.15, 0.2) is 0 Å². The van der Waals surface area contributed by atoms with E-state index in [4.69, 9.17) is 0 Å². The van der Waals surface area contributed by atoms with E-state index in [0.717, 1.165) is 37.9 Å². The Morgan fingerprint density at radius 1 is 0.475 bits per heavy atom. The van der Waals surface area contributed by atoms with Crippen molar-refractivity contribution in [1.29, 1.82) is 0 Å². The fourth-order valence-electron chi connectivity index (χ4n) is 5.26. The predicted octanol–water partition coefficient (Wildman–Crippen LogP) is 7.44. The highest BCUT2D eigenvalue weighted by Crippen LogP contribution is 2.45. The van der Waals surface area contributed by atoms with Gasteiger partial charge in [0.2, 0.25) is 0 Å². The topological polar surface area (TPSA) is 34.1 Å². The molecule has 0 aromatic heterocycles. The number of aryl methyl sites for hydroxylation is 2. The first kappa shape index (κ1) is 27.9. The Hall–Kier alpha value is -3.70. The fraction of sp³-hybridized carbons (Fsp3) is 0.111. The summed E-state index contributed by atoms with van der Waals surface area (Å²) < 4.78 is 29.1. The van der Waals surface area contributed by atoms with Crippen LogP contribution in [0.5, 0.6) is 0 Å². The van der Waals surface area contributed by atoms with E-state index in [1.165, 1.54) is 0 Å². The molecule has 0 saturated heterocycles. The van der Waals surface area contributed by atoms with Gasteiger partial charge in [0.1, 0.15) is 14.3 Å². The second-order valence-corrected chi connectivity index (χ2v) is 16.0. The van der Waals surface area contributed by atoms with E-state index in [9.17, 15) is 9.13 Å². The standard InChI is InChI=1S/C36H34O2P2/c1-2-30-27-31(23-25-39(37,33-15-7-3-8-16-33)34-17-9-4-10-18-34)29-32(28-30)24-26-40(38,35-19-11-5-12-20-35)36-21-13-6-14-22-36/h2-22,27-29H,1,23-26H2. The lowest BCUT2D eigenvalue weighted by Gasteiger charge is -2.21. The van der Waals surface area contributed by atoms with Gasteiger partial charge < -0.3 is 9.13 Å². The average Bonchev–Trinajstić information content (AvgIpc) is 3.04. The van der Waals surface area contributed by atoms with Gasteiger partial charge in [-0.25, -0.2) is 0 Å². The van der Waals surface area contributed by atoms with Gasteiger partial charge in [0.05, 0.1) is 0 Å². The van der Waals surface area contributed by atoms with Crippen molar-refractivity contribution >= 4 is 41.6 Å². The fourth-order valence-corrected chi connectivity index (χ4v) is 10.7. The molecule has 0 fully saturated rings. The lowest BCUT2D eigenvalue weighted by Crippen LogP contribution is -2.20. The molecule has 0 aliphatic carbocycles. The SMILES string of the molecule is C=Cc1cc(CCP(=O)(c2ccccc2)c2ccccc2)cc(CCP(=O)(c2ccccc2)c2ccccc2)c1. The van der Waals surface area contributed by atoms with Crippen LogP contribution < -0.4 is 21.2 Å². The summed E-state index contributed by atoms with van der Waals surface area (Å²) >= 11 is 0. The first-order valence-electron chi connectivity index (χ1n) is 13.7. The number of hydrogen-bond donors (Lipinski definition) is 0. The van der Waals surface area contributed by atoms with Gasteiger partial charge in [0.25, 0.3) is 0 Å². The zero-order valence-electron chi connectivity index (χ0n) is 22.6. The third-order valence-electron chi connectivity index (χ3n) is 7.43. The summed E-state index contributed by atoms with van der Waals surface area (Å²) in [5.41, 5.74) is 3.26. The number of rotatable bonds is 11. The molecule has 0 aliphatic heterocycles. The lowest BCUT2D eigenvalue weighted by molar-refractivity contribution is 0.586. The molecule has 0 aliphatic rings. The van der Waals surface area contributed by atoms with Crippen LogP contribution in [0.2, 0.25) is 0 Å². The molecule has 0 radical (unpaired) electrons. The Labute approximate surface area is 238 Å². The molecule has 0 saturated carbocycles. The first-order chi connectivity index (χ1) is 19.5. The monoisotopic (exact) mass is 560 g/mol. The van der Waals surface area contributed by atoms with Gasteiger partial charge in [-0.3, -0.25) is 0 Å². The lowest BCUT2D eigenvalue weighted by atomic mass is 10.0. The summed E-state index contributed by atoms with van der Waals surface area (Å²) in [6.45, 7) is 4.01.